The van der Waals surface area contributed by atoms with Crippen LogP contribution in [0, 0.1) is 0 Å². The van der Waals surface area contributed by atoms with Crippen LogP contribution >= 0.6 is 11.3 Å². The summed E-state index contributed by atoms with van der Waals surface area (Å²) in [6, 6.07) is 6.18. The molecule has 0 unspecified atom stereocenters. The number of benzene rings is 1. The van der Waals surface area contributed by atoms with E-state index in [0.717, 1.165) is 38.4 Å². The molecule has 3 nitrogen and oxygen atoms in total. The van der Waals surface area contributed by atoms with Gasteiger partial charge in [-0.25, -0.2) is 0 Å². The van der Waals surface area contributed by atoms with Crippen LogP contribution in [0.15, 0.2) is 23.6 Å². The zero-order chi connectivity index (χ0) is 11.7. The molecule has 4 heteroatoms. The summed E-state index contributed by atoms with van der Waals surface area (Å²) >= 11 is 1.79. The Labute approximate surface area is 105 Å². The molecule has 90 valence electrons. The summed E-state index contributed by atoms with van der Waals surface area (Å²) < 4.78 is 1.30. The number of piperazine rings is 1. The van der Waals surface area contributed by atoms with Gasteiger partial charge in [0, 0.05) is 48.5 Å². The molecule has 1 fully saturated rings. The van der Waals surface area contributed by atoms with Crippen LogP contribution in [0.5, 0.6) is 0 Å². The normalized spacial score (nSPS) is 17.6. The first-order chi connectivity index (χ1) is 8.34. The Morgan fingerprint density at radius 2 is 2.12 bits per heavy atom. The molecule has 0 atom stereocenters. The van der Waals surface area contributed by atoms with Crippen molar-refractivity contribution in [3.05, 3.63) is 29.1 Å². The van der Waals surface area contributed by atoms with E-state index in [-0.39, 0.29) is 0 Å². The Bertz CT molecular complexity index is 514. The molecule has 1 saturated heterocycles. The van der Waals surface area contributed by atoms with Crippen LogP contribution in [0.3, 0.4) is 0 Å². The average molecular weight is 247 g/mol. The molecule has 17 heavy (non-hydrogen) atoms. The number of anilines is 1. The van der Waals surface area contributed by atoms with Gasteiger partial charge in [0.2, 0.25) is 0 Å². The molecule has 0 amide bonds. The Morgan fingerprint density at radius 1 is 1.29 bits per heavy atom. The van der Waals surface area contributed by atoms with Crippen LogP contribution < -0.4 is 11.1 Å². The molecule has 2 aromatic rings. The first kappa shape index (κ1) is 11.0. The molecule has 1 aromatic heterocycles. The SMILES string of the molecule is Nc1cccc2scc(CN3CCNCC3)c12. The number of thiophene rings is 1. The van der Waals surface area contributed by atoms with Crippen molar-refractivity contribution in [1.29, 1.82) is 0 Å². The van der Waals surface area contributed by atoms with E-state index in [1.165, 1.54) is 15.6 Å². The van der Waals surface area contributed by atoms with Crippen LogP contribution in [0.4, 0.5) is 5.69 Å². The standard InChI is InChI=1S/C13H17N3S/c14-11-2-1-3-12-13(11)10(9-17-12)8-16-6-4-15-5-7-16/h1-3,9,15H,4-8,14H2. The Balaban J connectivity index is 1.89. The minimum Gasteiger partial charge on any atom is -0.398 e. The van der Waals surface area contributed by atoms with Gasteiger partial charge in [0.25, 0.3) is 0 Å². The highest BCUT2D eigenvalue weighted by Crippen LogP contribution is 2.31. The zero-order valence-corrected chi connectivity index (χ0v) is 10.6. The lowest BCUT2D eigenvalue weighted by atomic mass is 10.1. The number of rotatable bonds is 2. The maximum absolute atomic E-state index is 6.08. The van der Waals surface area contributed by atoms with Crippen LogP contribution in [-0.2, 0) is 6.54 Å². The fraction of sp³-hybridized carbons (Fsp3) is 0.385. The van der Waals surface area contributed by atoms with E-state index in [1.54, 1.807) is 11.3 Å². The Kier molecular flexibility index (Phi) is 3.01. The Hall–Kier alpha value is -1.10. The summed E-state index contributed by atoms with van der Waals surface area (Å²) in [6.07, 6.45) is 0. The first-order valence-electron chi connectivity index (χ1n) is 6.02. The van der Waals surface area contributed by atoms with Gasteiger partial charge in [-0.2, -0.15) is 0 Å². The predicted octanol–water partition coefficient (Wildman–Crippen LogP) is 1.89. The molecule has 0 bridgehead atoms. The maximum atomic E-state index is 6.08. The van der Waals surface area contributed by atoms with E-state index >= 15 is 0 Å². The third-order valence-electron chi connectivity index (χ3n) is 3.31. The number of hydrogen-bond acceptors (Lipinski definition) is 4. The van der Waals surface area contributed by atoms with Crippen LogP contribution in [0.2, 0.25) is 0 Å². The smallest absolute Gasteiger partial charge is 0.0405 e. The third kappa shape index (κ3) is 2.16. The first-order valence-corrected chi connectivity index (χ1v) is 6.90. The highest BCUT2D eigenvalue weighted by Gasteiger charge is 2.13. The van der Waals surface area contributed by atoms with Gasteiger partial charge in [-0.3, -0.25) is 4.90 Å². The van der Waals surface area contributed by atoms with Crippen molar-refractivity contribution in [3.8, 4) is 0 Å². The van der Waals surface area contributed by atoms with Crippen LogP contribution in [0.1, 0.15) is 5.56 Å². The van der Waals surface area contributed by atoms with Gasteiger partial charge in [-0.15, -0.1) is 11.3 Å². The molecule has 1 aliphatic rings. The van der Waals surface area contributed by atoms with Gasteiger partial charge in [0.1, 0.15) is 0 Å². The number of fused-ring (bicyclic) bond motifs is 1. The molecule has 0 radical (unpaired) electrons. The number of nitrogens with zero attached hydrogens (tertiary/aromatic N) is 1. The Morgan fingerprint density at radius 3 is 2.94 bits per heavy atom. The summed E-state index contributed by atoms with van der Waals surface area (Å²) in [5.74, 6) is 0. The van der Waals surface area contributed by atoms with E-state index in [0.29, 0.717) is 0 Å². The average Bonchev–Trinajstić information content (AvgIpc) is 2.75. The van der Waals surface area contributed by atoms with Crippen molar-refractivity contribution >= 4 is 27.1 Å². The second kappa shape index (κ2) is 4.64. The molecular formula is C13H17N3S. The minimum absolute atomic E-state index is 0.911. The lowest BCUT2D eigenvalue weighted by Crippen LogP contribution is -2.42. The molecule has 2 heterocycles. The predicted molar refractivity (Wildman–Crippen MR) is 74.4 cm³/mol. The molecule has 3 N–H and O–H groups in total. The van der Waals surface area contributed by atoms with Crippen LogP contribution in [0.25, 0.3) is 10.1 Å². The van der Waals surface area contributed by atoms with Gasteiger partial charge in [0.15, 0.2) is 0 Å². The van der Waals surface area contributed by atoms with Gasteiger partial charge in [-0.1, -0.05) is 6.07 Å². The fourth-order valence-electron chi connectivity index (χ4n) is 2.41. The largest absolute Gasteiger partial charge is 0.398 e. The van der Waals surface area contributed by atoms with E-state index in [1.807, 2.05) is 12.1 Å². The molecule has 0 saturated carbocycles. The molecule has 0 aliphatic carbocycles. The molecule has 1 aromatic carbocycles. The number of nitrogens with two attached hydrogens (primary N) is 1. The summed E-state index contributed by atoms with van der Waals surface area (Å²) in [4.78, 5) is 2.49. The van der Waals surface area contributed by atoms with E-state index in [9.17, 15) is 0 Å². The topological polar surface area (TPSA) is 41.3 Å². The van der Waals surface area contributed by atoms with Crippen molar-refractivity contribution in [2.75, 3.05) is 31.9 Å². The monoisotopic (exact) mass is 247 g/mol. The van der Waals surface area contributed by atoms with Crippen LogP contribution in [-0.4, -0.2) is 31.1 Å². The quantitative estimate of drug-likeness (QED) is 0.796. The highest BCUT2D eigenvalue weighted by molar-refractivity contribution is 7.17. The van der Waals surface area contributed by atoms with Crippen molar-refractivity contribution < 1.29 is 0 Å². The molecule has 1 aliphatic heterocycles. The van der Waals surface area contributed by atoms with Gasteiger partial charge in [-0.05, 0) is 23.1 Å². The highest BCUT2D eigenvalue weighted by atomic mass is 32.1. The van der Waals surface area contributed by atoms with Gasteiger partial charge < -0.3 is 11.1 Å². The zero-order valence-electron chi connectivity index (χ0n) is 9.78. The summed E-state index contributed by atoms with van der Waals surface area (Å²) in [6.45, 7) is 5.47. The van der Waals surface area contributed by atoms with E-state index in [2.05, 4.69) is 21.7 Å². The number of nitrogen functional groups attached to an aromatic ring is 1. The molecular weight excluding hydrogens is 230 g/mol. The van der Waals surface area contributed by atoms with Gasteiger partial charge in [0.05, 0.1) is 0 Å². The maximum Gasteiger partial charge on any atom is 0.0405 e. The van der Waals surface area contributed by atoms with Crippen molar-refractivity contribution in [1.82, 2.24) is 10.2 Å². The summed E-state index contributed by atoms with van der Waals surface area (Å²) in [7, 11) is 0. The molecule has 3 rings (SSSR count). The van der Waals surface area contributed by atoms with Crippen molar-refractivity contribution in [3.63, 3.8) is 0 Å². The lowest BCUT2D eigenvalue weighted by molar-refractivity contribution is 0.234. The fourth-order valence-corrected chi connectivity index (χ4v) is 3.40. The van der Waals surface area contributed by atoms with Crippen molar-refractivity contribution in [2.24, 2.45) is 0 Å². The minimum atomic E-state index is 0.911. The molecule has 0 spiro atoms. The lowest BCUT2D eigenvalue weighted by Gasteiger charge is -2.27. The summed E-state index contributed by atoms with van der Waals surface area (Å²) in [5, 5.41) is 6.89. The van der Waals surface area contributed by atoms with E-state index < -0.39 is 0 Å². The number of hydrogen-bond donors (Lipinski definition) is 2. The van der Waals surface area contributed by atoms with E-state index in [4.69, 9.17) is 5.73 Å². The van der Waals surface area contributed by atoms with Crippen molar-refractivity contribution in [2.45, 2.75) is 6.54 Å². The number of nitrogens with one attached hydrogen (secondary N) is 1. The third-order valence-corrected chi connectivity index (χ3v) is 4.31. The van der Waals surface area contributed by atoms with Gasteiger partial charge >= 0.3 is 0 Å². The second-order valence-electron chi connectivity index (χ2n) is 4.51. The summed E-state index contributed by atoms with van der Waals surface area (Å²) in [5.41, 5.74) is 8.37. The second-order valence-corrected chi connectivity index (χ2v) is 5.42.